The van der Waals surface area contributed by atoms with Crippen molar-refractivity contribution < 1.29 is 14.3 Å². The van der Waals surface area contributed by atoms with Gasteiger partial charge in [-0.3, -0.25) is 9.69 Å². The summed E-state index contributed by atoms with van der Waals surface area (Å²) in [6, 6.07) is 11.0. The van der Waals surface area contributed by atoms with Gasteiger partial charge in [-0.1, -0.05) is 0 Å². The normalized spacial score (nSPS) is 14.7. The Kier molecular flexibility index (Phi) is 7.16. The van der Waals surface area contributed by atoms with Crippen molar-refractivity contribution >= 4 is 17.4 Å². The Hall–Kier alpha value is -2.71. The number of nitrogens with zero attached hydrogens (tertiary/aromatic N) is 3. The van der Waals surface area contributed by atoms with Crippen LogP contribution in [0.25, 0.3) is 0 Å². The van der Waals surface area contributed by atoms with Crippen LogP contribution in [0.15, 0.2) is 36.4 Å². The molecule has 0 spiro atoms. The minimum atomic E-state index is -0.220. The topological polar surface area (TPSA) is 88.6 Å². The number of hydrogen-bond donors (Lipinski definition) is 2. The van der Waals surface area contributed by atoms with Gasteiger partial charge in [0.1, 0.15) is 5.75 Å². The summed E-state index contributed by atoms with van der Waals surface area (Å²) in [5.74, 6) is 1.17. The first-order valence-electron chi connectivity index (χ1n) is 9.56. The summed E-state index contributed by atoms with van der Waals surface area (Å²) in [5.41, 5.74) is 1.17. The molecule has 3 rings (SSSR count). The molecule has 28 heavy (non-hydrogen) atoms. The highest BCUT2D eigenvalue weighted by Gasteiger charge is 2.12. The number of anilines is 2. The molecule has 2 aromatic rings. The molecule has 0 unspecified atom stereocenters. The maximum atomic E-state index is 12.2. The van der Waals surface area contributed by atoms with Crippen molar-refractivity contribution in [3.8, 4) is 5.75 Å². The Balaban J connectivity index is 1.46. The third kappa shape index (κ3) is 6.17. The van der Waals surface area contributed by atoms with Crippen LogP contribution in [0.5, 0.6) is 5.75 Å². The molecule has 1 aromatic heterocycles. The molecular formula is C20H27N5O3. The molecule has 150 valence electrons. The van der Waals surface area contributed by atoms with Crippen LogP contribution < -0.4 is 15.4 Å². The third-order valence-corrected chi connectivity index (χ3v) is 4.21. The first-order chi connectivity index (χ1) is 13.6. The van der Waals surface area contributed by atoms with Gasteiger partial charge in [0, 0.05) is 31.9 Å². The van der Waals surface area contributed by atoms with E-state index in [9.17, 15) is 4.79 Å². The van der Waals surface area contributed by atoms with E-state index in [0.717, 1.165) is 44.3 Å². The monoisotopic (exact) mass is 385 g/mol. The van der Waals surface area contributed by atoms with Crippen molar-refractivity contribution in [1.82, 2.24) is 20.4 Å². The average molecular weight is 385 g/mol. The van der Waals surface area contributed by atoms with Crippen LogP contribution in [0.3, 0.4) is 0 Å². The maximum Gasteiger partial charge on any atom is 0.271 e. The van der Waals surface area contributed by atoms with Crippen LogP contribution >= 0.6 is 0 Å². The van der Waals surface area contributed by atoms with Crippen LogP contribution in [-0.2, 0) is 4.74 Å². The van der Waals surface area contributed by atoms with Crippen molar-refractivity contribution in [2.75, 3.05) is 44.7 Å². The predicted molar refractivity (Wildman–Crippen MR) is 107 cm³/mol. The van der Waals surface area contributed by atoms with Crippen LogP contribution in [0, 0.1) is 0 Å². The molecule has 2 heterocycles. The van der Waals surface area contributed by atoms with Gasteiger partial charge in [-0.25, -0.2) is 0 Å². The molecule has 0 aliphatic carbocycles. The molecule has 8 nitrogen and oxygen atoms in total. The average Bonchev–Trinajstić information content (AvgIpc) is 2.70. The van der Waals surface area contributed by atoms with Gasteiger partial charge >= 0.3 is 0 Å². The van der Waals surface area contributed by atoms with E-state index in [-0.39, 0.29) is 12.0 Å². The summed E-state index contributed by atoms with van der Waals surface area (Å²) in [7, 11) is 0. The quantitative estimate of drug-likeness (QED) is 0.719. The second kappa shape index (κ2) is 10.0. The standard InChI is InChI=1S/C20H27N5O3/c1-15(2)28-17-5-3-16(4-6-17)22-19-8-7-18(23-24-19)20(26)21-9-10-25-11-13-27-14-12-25/h3-8,15H,9-14H2,1-2H3,(H,21,26)(H,22,24). The fourth-order valence-corrected chi connectivity index (χ4v) is 2.80. The Morgan fingerprint density at radius 3 is 2.54 bits per heavy atom. The van der Waals surface area contributed by atoms with E-state index in [0.29, 0.717) is 18.1 Å². The molecule has 1 aliphatic rings. The molecule has 0 radical (unpaired) electrons. The first-order valence-corrected chi connectivity index (χ1v) is 9.56. The molecule has 1 fully saturated rings. The van der Waals surface area contributed by atoms with Gasteiger partial charge in [0.2, 0.25) is 0 Å². The zero-order valence-electron chi connectivity index (χ0n) is 16.4. The number of benzene rings is 1. The Labute approximate surface area is 165 Å². The van der Waals surface area contributed by atoms with Crippen LogP contribution in [-0.4, -0.2) is 66.5 Å². The number of aromatic nitrogens is 2. The molecule has 8 heteroatoms. The van der Waals surface area contributed by atoms with Crippen molar-refractivity contribution in [1.29, 1.82) is 0 Å². The van der Waals surface area contributed by atoms with E-state index in [1.165, 1.54) is 0 Å². The Morgan fingerprint density at radius 2 is 1.89 bits per heavy atom. The molecular weight excluding hydrogens is 358 g/mol. The van der Waals surface area contributed by atoms with Gasteiger partial charge in [-0.05, 0) is 50.2 Å². The van der Waals surface area contributed by atoms with Crippen LogP contribution in [0.4, 0.5) is 11.5 Å². The second-order valence-corrected chi connectivity index (χ2v) is 6.83. The van der Waals surface area contributed by atoms with Gasteiger partial charge in [-0.15, -0.1) is 10.2 Å². The smallest absolute Gasteiger partial charge is 0.271 e. The summed E-state index contributed by atoms with van der Waals surface area (Å²) in [6.07, 6.45) is 0.136. The second-order valence-electron chi connectivity index (χ2n) is 6.83. The lowest BCUT2D eigenvalue weighted by Crippen LogP contribution is -2.41. The summed E-state index contributed by atoms with van der Waals surface area (Å²) in [6.45, 7) is 8.66. The highest BCUT2D eigenvalue weighted by Crippen LogP contribution is 2.19. The van der Waals surface area contributed by atoms with E-state index >= 15 is 0 Å². The number of rotatable bonds is 8. The molecule has 0 saturated carbocycles. The Bertz CT molecular complexity index is 743. The molecule has 1 aliphatic heterocycles. The van der Waals surface area contributed by atoms with Gasteiger partial charge in [-0.2, -0.15) is 0 Å². The minimum Gasteiger partial charge on any atom is -0.491 e. The zero-order chi connectivity index (χ0) is 19.8. The number of morpholine rings is 1. The summed E-state index contributed by atoms with van der Waals surface area (Å²) in [5, 5.41) is 14.1. The number of ether oxygens (including phenoxy) is 2. The Morgan fingerprint density at radius 1 is 1.14 bits per heavy atom. The largest absolute Gasteiger partial charge is 0.491 e. The van der Waals surface area contributed by atoms with E-state index in [2.05, 4.69) is 25.7 Å². The highest BCUT2D eigenvalue weighted by molar-refractivity contribution is 5.92. The lowest BCUT2D eigenvalue weighted by atomic mass is 10.3. The van der Waals surface area contributed by atoms with E-state index in [4.69, 9.17) is 9.47 Å². The molecule has 0 bridgehead atoms. The number of carbonyl (C=O) groups excluding carboxylic acids is 1. The van der Waals surface area contributed by atoms with Crippen LogP contribution in [0.2, 0.25) is 0 Å². The van der Waals surface area contributed by atoms with Crippen molar-refractivity contribution in [3.63, 3.8) is 0 Å². The summed E-state index contributed by atoms with van der Waals surface area (Å²) >= 11 is 0. The molecule has 0 atom stereocenters. The van der Waals surface area contributed by atoms with Gasteiger partial charge in [0.15, 0.2) is 11.5 Å². The van der Waals surface area contributed by atoms with Crippen molar-refractivity contribution in [3.05, 3.63) is 42.1 Å². The fourth-order valence-electron chi connectivity index (χ4n) is 2.80. The number of carbonyl (C=O) groups is 1. The summed E-state index contributed by atoms with van der Waals surface area (Å²) < 4.78 is 10.9. The molecule has 1 aromatic carbocycles. The van der Waals surface area contributed by atoms with Crippen molar-refractivity contribution in [2.24, 2.45) is 0 Å². The van der Waals surface area contributed by atoms with Gasteiger partial charge in [0.05, 0.1) is 19.3 Å². The lowest BCUT2D eigenvalue weighted by molar-refractivity contribution is 0.0383. The molecule has 1 amide bonds. The maximum absolute atomic E-state index is 12.2. The third-order valence-electron chi connectivity index (χ3n) is 4.21. The number of hydrogen-bond acceptors (Lipinski definition) is 7. The van der Waals surface area contributed by atoms with Gasteiger partial charge in [0.25, 0.3) is 5.91 Å². The highest BCUT2D eigenvalue weighted by atomic mass is 16.5. The van der Waals surface area contributed by atoms with E-state index in [1.54, 1.807) is 12.1 Å². The number of nitrogens with one attached hydrogen (secondary N) is 2. The SMILES string of the molecule is CC(C)Oc1ccc(Nc2ccc(C(=O)NCCN3CCOCC3)nn2)cc1. The number of amides is 1. The molecule has 2 N–H and O–H groups in total. The van der Waals surface area contributed by atoms with E-state index < -0.39 is 0 Å². The zero-order valence-corrected chi connectivity index (χ0v) is 16.4. The van der Waals surface area contributed by atoms with Gasteiger partial charge < -0.3 is 20.1 Å². The minimum absolute atomic E-state index is 0.136. The van der Waals surface area contributed by atoms with Crippen molar-refractivity contribution in [2.45, 2.75) is 20.0 Å². The van der Waals surface area contributed by atoms with E-state index in [1.807, 2.05) is 38.1 Å². The van der Waals surface area contributed by atoms with Crippen LogP contribution in [0.1, 0.15) is 24.3 Å². The fraction of sp³-hybridized carbons (Fsp3) is 0.450. The predicted octanol–water partition coefficient (Wildman–Crippen LogP) is 2.07. The molecule has 1 saturated heterocycles. The summed E-state index contributed by atoms with van der Waals surface area (Å²) in [4.78, 5) is 14.5. The lowest BCUT2D eigenvalue weighted by Gasteiger charge is -2.26. The first kappa shape index (κ1) is 20.0.